The van der Waals surface area contributed by atoms with Crippen LogP contribution >= 0.6 is 0 Å². The molecule has 2 heterocycles. The van der Waals surface area contributed by atoms with Gasteiger partial charge in [0.25, 0.3) is 0 Å². The van der Waals surface area contributed by atoms with E-state index in [-0.39, 0.29) is 18.5 Å². The van der Waals surface area contributed by atoms with E-state index in [1.54, 1.807) is 30.4 Å². The molecule has 0 bridgehead atoms. The summed E-state index contributed by atoms with van der Waals surface area (Å²) in [6, 6.07) is 16.6. The largest absolute Gasteiger partial charge is 0.347 e. The van der Waals surface area contributed by atoms with Gasteiger partial charge in [-0.05, 0) is 23.8 Å². The molecule has 0 saturated heterocycles. The van der Waals surface area contributed by atoms with Gasteiger partial charge in [-0.25, -0.2) is 9.78 Å². The minimum absolute atomic E-state index is 0.0701. The number of hydrogen-bond acceptors (Lipinski definition) is 4. The first-order chi connectivity index (χ1) is 12.2. The molecule has 0 spiro atoms. The minimum atomic E-state index is -0.446. The number of hydrogen-bond donors (Lipinski definition) is 0. The highest BCUT2D eigenvalue weighted by Crippen LogP contribution is 2.26. The molecule has 0 aliphatic rings. The molecule has 6 nitrogen and oxygen atoms in total. The molecule has 25 heavy (non-hydrogen) atoms. The average Bonchev–Trinajstić information content (AvgIpc) is 2.65. The molecule has 0 aliphatic carbocycles. The summed E-state index contributed by atoms with van der Waals surface area (Å²) in [4.78, 5) is 34.2. The quantitative estimate of drug-likeness (QED) is 0.714. The van der Waals surface area contributed by atoms with E-state index in [0.29, 0.717) is 0 Å². The molecule has 1 amide bonds. The van der Waals surface area contributed by atoms with E-state index < -0.39 is 5.69 Å². The highest BCUT2D eigenvalue weighted by atomic mass is 16.2. The lowest BCUT2D eigenvalue weighted by Gasteiger charge is -2.28. The predicted molar refractivity (Wildman–Crippen MR) is 93.8 cm³/mol. The minimum Gasteiger partial charge on any atom is -0.331 e. The summed E-state index contributed by atoms with van der Waals surface area (Å²) >= 11 is 0. The molecule has 1 atom stereocenters. The molecule has 0 radical (unpaired) electrons. The number of rotatable bonds is 5. The lowest BCUT2D eigenvalue weighted by Crippen LogP contribution is -2.37. The van der Waals surface area contributed by atoms with Crippen molar-refractivity contribution in [1.82, 2.24) is 19.4 Å². The molecular formula is C19H18N4O2. The van der Waals surface area contributed by atoms with Gasteiger partial charge in [0, 0.05) is 25.6 Å². The second-order valence-electron chi connectivity index (χ2n) is 5.60. The van der Waals surface area contributed by atoms with E-state index in [1.165, 1.54) is 10.8 Å². The molecule has 0 N–H and O–H groups in total. The standard InChI is InChI=1S/C19H18N4O2/c1-22(17(24)14-23-13-7-12-21-19(23)25)18(15-8-3-2-4-9-15)16-10-5-6-11-20-16/h2-13,18H,14H2,1H3/t18-/m0/s1. The van der Waals surface area contributed by atoms with Gasteiger partial charge in [-0.1, -0.05) is 36.4 Å². The second kappa shape index (κ2) is 7.53. The van der Waals surface area contributed by atoms with Gasteiger partial charge in [-0.15, -0.1) is 0 Å². The van der Waals surface area contributed by atoms with Crippen molar-refractivity contribution in [3.05, 3.63) is 94.9 Å². The Morgan fingerprint density at radius 2 is 1.76 bits per heavy atom. The van der Waals surface area contributed by atoms with Crippen LogP contribution in [0, 0.1) is 0 Å². The van der Waals surface area contributed by atoms with Gasteiger partial charge in [0.1, 0.15) is 6.54 Å². The van der Waals surface area contributed by atoms with E-state index in [2.05, 4.69) is 9.97 Å². The SMILES string of the molecule is CN(C(=O)Cn1cccnc1=O)[C@@H](c1ccccc1)c1ccccn1. The maximum Gasteiger partial charge on any atom is 0.347 e. The maximum atomic E-state index is 12.8. The molecular weight excluding hydrogens is 316 g/mol. The fraction of sp³-hybridized carbons (Fsp3) is 0.158. The molecule has 0 unspecified atom stereocenters. The molecule has 3 rings (SSSR count). The van der Waals surface area contributed by atoms with Crippen LogP contribution in [0.5, 0.6) is 0 Å². The highest BCUT2D eigenvalue weighted by molar-refractivity contribution is 5.76. The lowest BCUT2D eigenvalue weighted by molar-refractivity contribution is -0.132. The van der Waals surface area contributed by atoms with Crippen molar-refractivity contribution in [2.45, 2.75) is 12.6 Å². The molecule has 6 heteroatoms. The molecule has 0 fully saturated rings. The average molecular weight is 334 g/mol. The third-order valence-corrected chi connectivity index (χ3v) is 3.95. The number of nitrogens with zero attached hydrogens (tertiary/aromatic N) is 4. The van der Waals surface area contributed by atoms with Gasteiger partial charge in [0.05, 0.1) is 11.7 Å². The van der Waals surface area contributed by atoms with Crippen LogP contribution in [0.1, 0.15) is 17.3 Å². The topological polar surface area (TPSA) is 68.1 Å². The highest BCUT2D eigenvalue weighted by Gasteiger charge is 2.24. The Kier molecular flexibility index (Phi) is 4.99. The van der Waals surface area contributed by atoms with E-state index >= 15 is 0 Å². The van der Waals surface area contributed by atoms with Crippen LogP contribution in [-0.2, 0) is 11.3 Å². The first-order valence-corrected chi connectivity index (χ1v) is 7.90. The van der Waals surface area contributed by atoms with Crippen molar-refractivity contribution in [3.8, 4) is 0 Å². The van der Waals surface area contributed by atoms with Gasteiger partial charge in [0.2, 0.25) is 5.91 Å². The zero-order chi connectivity index (χ0) is 17.6. The number of carbonyl (C=O) groups excluding carboxylic acids is 1. The Bertz CT molecular complexity index is 854. The van der Waals surface area contributed by atoms with Crippen LogP contribution in [0.25, 0.3) is 0 Å². The van der Waals surface area contributed by atoms with Gasteiger partial charge < -0.3 is 4.90 Å². The van der Waals surface area contributed by atoms with E-state index in [9.17, 15) is 9.59 Å². The fourth-order valence-electron chi connectivity index (χ4n) is 2.67. The lowest BCUT2D eigenvalue weighted by atomic mass is 10.0. The first-order valence-electron chi connectivity index (χ1n) is 7.90. The van der Waals surface area contributed by atoms with Gasteiger partial charge in [-0.2, -0.15) is 0 Å². The van der Waals surface area contributed by atoms with Crippen LogP contribution in [0.4, 0.5) is 0 Å². The normalized spacial score (nSPS) is 11.7. The van der Waals surface area contributed by atoms with Crippen LogP contribution in [0.2, 0.25) is 0 Å². The van der Waals surface area contributed by atoms with Gasteiger partial charge >= 0.3 is 5.69 Å². The zero-order valence-electron chi connectivity index (χ0n) is 13.8. The number of pyridine rings is 1. The second-order valence-corrected chi connectivity index (χ2v) is 5.60. The Morgan fingerprint density at radius 1 is 1.04 bits per heavy atom. The third-order valence-electron chi connectivity index (χ3n) is 3.95. The van der Waals surface area contributed by atoms with Crippen molar-refractivity contribution < 1.29 is 4.79 Å². The smallest absolute Gasteiger partial charge is 0.331 e. The molecule has 2 aromatic heterocycles. The van der Waals surface area contributed by atoms with Gasteiger partial charge in [-0.3, -0.25) is 14.3 Å². The summed E-state index contributed by atoms with van der Waals surface area (Å²) < 4.78 is 1.29. The van der Waals surface area contributed by atoms with E-state index in [1.807, 2.05) is 48.5 Å². The number of benzene rings is 1. The van der Waals surface area contributed by atoms with Gasteiger partial charge in [0.15, 0.2) is 0 Å². The summed E-state index contributed by atoms with van der Waals surface area (Å²) in [7, 11) is 1.72. The third kappa shape index (κ3) is 3.80. The van der Waals surface area contributed by atoms with Crippen molar-refractivity contribution in [2.24, 2.45) is 0 Å². The number of likely N-dealkylation sites (N-methyl/N-ethyl adjacent to an activating group) is 1. The molecule has 1 aromatic carbocycles. The summed E-state index contributed by atoms with van der Waals surface area (Å²) in [5.74, 6) is -0.199. The monoisotopic (exact) mass is 334 g/mol. The van der Waals surface area contributed by atoms with E-state index in [4.69, 9.17) is 0 Å². The van der Waals surface area contributed by atoms with Crippen molar-refractivity contribution in [1.29, 1.82) is 0 Å². The zero-order valence-corrected chi connectivity index (χ0v) is 13.8. The fourth-order valence-corrected chi connectivity index (χ4v) is 2.67. The van der Waals surface area contributed by atoms with Crippen LogP contribution in [0.15, 0.2) is 78.0 Å². The molecule has 0 aliphatic heterocycles. The van der Waals surface area contributed by atoms with Crippen molar-refractivity contribution in [2.75, 3.05) is 7.05 Å². The number of amides is 1. The molecule has 0 saturated carbocycles. The Morgan fingerprint density at radius 3 is 2.44 bits per heavy atom. The summed E-state index contributed by atoms with van der Waals surface area (Å²) in [5.41, 5.74) is 1.28. The summed E-state index contributed by atoms with van der Waals surface area (Å²) in [6.07, 6.45) is 4.67. The van der Waals surface area contributed by atoms with Crippen LogP contribution in [0.3, 0.4) is 0 Å². The number of carbonyl (C=O) groups is 1. The summed E-state index contributed by atoms with van der Waals surface area (Å²) in [6.45, 7) is -0.0701. The Hall–Kier alpha value is -3.28. The summed E-state index contributed by atoms with van der Waals surface area (Å²) in [5, 5.41) is 0. The molecule has 126 valence electrons. The first kappa shape index (κ1) is 16.6. The Labute approximate surface area is 145 Å². The van der Waals surface area contributed by atoms with Crippen LogP contribution in [-0.4, -0.2) is 32.4 Å². The predicted octanol–water partition coefficient (Wildman–Crippen LogP) is 1.89. The maximum absolute atomic E-state index is 12.8. The van der Waals surface area contributed by atoms with Crippen molar-refractivity contribution in [3.63, 3.8) is 0 Å². The Balaban J connectivity index is 1.92. The number of aromatic nitrogens is 3. The van der Waals surface area contributed by atoms with Crippen LogP contribution < -0.4 is 5.69 Å². The van der Waals surface area contributed by atoms with Crippen molar-refractivity contribution >= 4 is 5.91 Å². The molecule has 3 aromatic rings. The van der Waals surface area contributed by atoms with E-state index in [0.717, 1.165) is 11.3 Å².